The lowest BCUT2D eigenvalue weighted by molar-refractivity contribution is 0.538. The number of nitrogen functional groups attached to an aromatic ring is 1. The van der Waals surface area contributed by atoms with Gasteiger partial charge in [-0.2, -0.15) is 5.10 Å². The molecule has 0 spiro atoms. The molecule has 0 saturated heterocycles. The van der Waals surface area contributed by atoms with Gasteiger partial charge in [-0.15, -0.1) is 0 Å². The Labute approximate surface area is 82.9 Å². The second-order valence-electron chi connectivity index (χ2n) is 3.71. The van der Waals surface area contributed by atoms with Crippen LogP contribution in [0.3, 0.4) is 0 Å². The Bertz CT molecular complexity index is 272. The second kappa shape index (κ2) is 3.58. The molecule has 1 aromatic heterocycles. The van der Waals surface area contributed by atoms with Gasteiger partial charge in [-0.25, -0.2) is 0 Å². The van der Waals surface area contributed by atoms with Gasteiger partial charge in [0, 0.05) is 12.7 Å². The van der Waals surface area contributed by atoms with Gasteiger partial charge in [0.1, 0.15) is 5.02 Å². The maximum atomic E-state index is 5.77. The number of rotatable bonds is 4. The fourth-order valence-corrected chi connectivity index (χ4v) is 1.63. The summed E-state index contributed by atoms with van der Waals surface area (Å²) >= 11 is 5.77. The molecule has 1 fully saturated rings. The van der Waals surface area contributed by atoms with E-state index >= 15 is 0 Å². The van der Waals surface area contributed by atoms with E-state index in [4.69, 9.17) is 17.3 Å². The van der Waals surface area contributed by atoms with Crippen LogP contribution < -0.4 is 5.73 Å². The van der Waals surface area contributed by atoms with Crippen LogP contribution in [-0.4, -0.2) is 9.78 Å². The van der Waals surface area contributed by atoms with Crippen LogP contribution in [0, 0.1) is 5.92 Å². The van der Waals surface area contributed by atoms with Crippen molar-refractivity contribution >= 4 is 17.4 Å². The van der Waals surface area contributed by atoms with Crippen molar-refractivity contribution in [2.75, 3.05) is 5.73 Å². The third-order valence-electron chi connectivity index (χ3n) is 2.44. The molecule has 0 aromatic carbocycles. The van der Waals surface area contributed by atoms with E-state index in [0.717, 1.165) is 12.5 Å². The van der Waals surface area contributed by atoms with Crippen LogP contribution in [0.15, 0.2) is 6.20 Å². The number of nitrogens with two attached hydrogens (primary N) is 1. The lowest BCUT2D eigenvalue weighted by Crippen LogP contribution is -1.99. The van der Waals surface area contributed by atoms with Crippen molar-refractivity contribution in [2.24, 2.45) is 5.92 Å². The normalized spacial score (nSPS) is 16.4. The molecule has 1 heterocycles. The minimum Gasteiger partial charge on any atom is -0.381 e. The number of hydrogen-bond donors (Lipinski definition) is 1. The summed E-state index contributed by atoms with van der Waals surface area (Å²) < 4.78 is 1.83. The van der Waals surface area contributed by atoms with Gasteiger partial charge in [-0.3, -0.25) is 4.68 Å². The van der Waals surface area contributed by atoms with Gasteiger partial charge in [0.05, 0.1) is 0 Å². The topological polar surface area (TPSA) is 43.8 Å². The Balaban J connectivity index is 1.79. The summed E-state index contributed by atoms with van der Waals surface area (Å²) in [7, 11) is 0. The Morgan fingerprint density at radius 3 is 2.92 bits per heavy atom. The number of nitrogens with zero attached hydrogens (tertiary/aromatic N) is 2. The van der Waals surface area contributed by atoms with Gasteiger partial charge in [0.15, 0.2) is 5.82 Å². The minimum absolute atomic E-state index is 0.438. The van der Waals surface area contributed by atoms with Crippen LogP contribution >= 0.6 is 11.6 Å². The lowest BCUT2D eigenvalue weighted by Gasteiger charge is -1.99. The number of hydrogen-bond acceptors (Lipinski definition) is 2. The molecule has 0 aliphatic heterocycles. The molecule has 2 N–H and O–H groups in total. The first-order valence-corrected chi connectivity index (χ1v) is 5.12. The molecule has 0 bridgehead atoms. The van der Waals surface area contributed by atoms with Crippen LogP contribution in [0.4, 0.5) is 5.82 Å². The fourth-order valence-electron chi connectivity index (χ4n) is 1.48. The maximum Gasteiger partial charge on any atom is 0.164 e. The van der Waals surface area contributed by atoms with E-state index < -0.39 is 0 Å². The zero-order chi connectivity index (χ0) is 9.26. The van der Waals surface area contributed by atoms with Crippen LogP contribution in [-0.2, 0) is 6.54 Å². The Kier molecular flexibility index (Phi) is 2.44. The monoisotopic (exact) mass is 199 g/mol. The van der Waals surface area contributed by atoms with E-state index in [2.05, 4.69) is 5.10 Å². The third kappa shape index (κ3) is 2.37. The Morgan fingerprint density at radius 2 is 2.38 bits per heavy atom. The van der Waals surface area contributed by atoms with E-state index in [1.165, 1.54) is 25.7 Å². The maximum absolute atomic E-state index is 5.77. The second-order valence-corrected chi connectivity index (χ2v) is 4.12. The average Bonchev–Trinajstić information content (AvgIpc) is 2.82. The average molecular weight is 200 g/mol. The van der Waals surface area contributed by atoms with E-state index in [0.29, 0.717) is 10.8 Å². The van der Waals surface area contributed by atoms with Crippen molar-refractivity contribution in [3.05, 3.63) is 11.2 Å². The summed E-state index contributed by atoms with van der Waals surface area (Å²) in [6, 6.07) is 0. The molecule has 2 rings (SSSR count). The summed E-state index contributed by atoms with van der Waals surface area (Å²) in [5.74, 6) is 1.43. The smallest absolute Gasteiger partial charge is 0.164 e. The van der Waals surface area contributed by atoms with E-state index in [1.54, 1.807) is 6.20 Å². The molecule has 1 aromatic rings. The van der Waals surface area contributed by atoms with Crippen LogP contribution in [0.25, 0.3) is 0 Å². The van der Waals surface area contributed by atoms with Crippen molar-refractivity contribution in [3.8, 4) is 0 Å². The molecule has 3 nitrogen and oxygen atoms in total. The van der Waals surface area contributed by atoms with Gasteiger partial charge in [-0.1, -0.05) is 24.4 Å². The largest absolute Gasteiger partial charge is 0.381 e. The van der Waals surface area contributed by atoms with Gasteiger partial charge in [0.25, 0.3) is 0 Å². The number of aryl methyl sites for hydroxylation is 1. The molecule has 1 aliphatic rings. The van der Waals surface area contributed by atoms with E-state index in [-0.39, 0.29) is 0 Å². The van der Waals surface area contributed by atoms with Crippen molar-refractivity contribution in [1.29, 1.82) is 0 Å². The molecule has 4 heteroatoms. The van der Waals surface area contributed by atoms with E-state index in [9.17, 15) is 0 Å². The summed E-state index contributed by atoms with van der Waals surface area (Å²) in [6.45, 7) is 0.938. The predicted octanol–water partition coefficient (Wildman–Crippen LogP) is 2.31. The summed E-state index contributed by atoms with van der Waals surface area (Å²) in [5, 5.41) is 4.65. The minimum atomic E-state index is 0.438. The fraction of sp³-hybridized carbons (Fsp3) is 0.667. The first-order chi connectivity index (χ1) is 6.25. The Hall–Kier alpha value is -0.700. The molecule has 0 atom stereocenters. The highest BCUT2D eigenvalue weighted by Gasteiger charge is 2.20. The van der Waals surface area contributed by atoms with Gasteiger partial charge < -0.3 is 5.73 Å². The molecular weight excluding hydrogens is 186 g/mol. The number of anilines is 1. The summed E-state index contributed by atoms with van der Waals surface area (Å²) in [5.41, 5.74) is 5.52. The molecule has 0 amide bonds. The molecule has 72 valence electrons. The molecular formula is C9H14ClN3. The zero-order valence-corrected chi connectivity index (χ0v) is 8.30. The quantitative estimate of drug-likeness (QED) is 0.809. The summed E-state index contributed by atoms with van der Waals surface area (Å²) in [6.07, 6.45) is 7.13. The zero-order valence-electron chi connectivity index (χ0n) is 7.54. The lowest BCUT2D eigenvalue weighted by atomic mass is 10.2. The van der Waals surface area contributed by atoms with Crippen LogP contribution in [0.5, 0.6) is 0 Å². The first kappa shape index (κ1) is 8.88. The molecule has 1 saturated carbocycles. The van der Waals surface area contributed by atoms with Crippen molar-refractivity contribution in [2.45, 2.75) is 32.2 Å². The standard InChI is InChI=1S/C9H14ClN3/c10-8-6-13(12-9(8)11)5-1-2-7-3-4-7/h6-7H,1-5H2,(H2,11,12). The van der Waals surface area contributed by atoms with Crippen molar-refractivity contribution in [3.63, 3.8) is 0 Å². The van der Waals surface area contributed by atoms with Crippen LogP contribution in [0.2, 0.25) is 5.02 Å². The Morgan fingerprint density at radius 1 is 1.62 bits per heavy atom. The predicted molar refractivity (Wildman–Crippen MR) is 53.6 cm³/mol. The third-order valence-corrected chi connectivity index (χ3v) is 2.73. The van der Waals surface area contributed by atoms with Crippen molar-refractivity contribution in [1.82, 2.24) is 9.78 Å². The highest BCUT2D eigenvalue weighted by molar-refractivity contribution is 6.32. The number of aromatic nitrogens is 2. The highest BCUT2D eigenvalue weighted by Crippen LogP contribution is 2.33. The van der Waals surface area contributed by atoms with Gasteiger partial charge in [-0.05, 0) is 18.8 Å². The molecule has 1 aliphatic carbocycles. The molecule has 0 unspecified atom stereocenters. The van der Waals surface area contributed by atoms with E-state index in [1.807, 2.05) is 4.68 Å². The number of halogens is 1. The SMILES string of the molecule is Nc1nn(CCCC2CC2)cc1Cl. The highest BCUT2D eigenvalue weighted by atomic mass is 35.5. The first-order valence-electron chi connectivity index (χ1n) is 4.74. The summed E-state index contributed by atoms with van der Waals surface area (Å²) in [4.78, 5) is 0. The van der Waals surface area contributed by atoms with Gasteiger partial charge in [0.2, 0.25) is 0 Å². The van der Waals surface area contributed by atoms with Gasteiger partial charge >= 0.3 is 0 Å². The van der Waals surface area contributed by atoms with Crippen LogP contribution in [0.1, 0.15) is 25.7 Å². The van der Waals surface area contributed by atoms with Crippen molar-refractivity contribution < 1.29 is 0 Å². The molecule has 0 radical (unpaired) electrons. The molecule has 13 heavy (non-hydrogen) atoms.